The van der Waals surface area contributed by atoms with E-state index in [4.69, 9.17) is 5.73 Å². The molecular formula is C12H17N. The summed E-state index contributed by atoms with van der Waals surface area (Å²) in [5.74, 6) is 0.472. The maximum atomic E-state index is 6.03. The van der Waals surface area contributed by atoms with Gasteiger partial charge in [0.15, 0.2) is 0 Å². The molecule has 13 heavy (non-hydrogen) atoms. The van der Waals surface area contributed by atoms with Gasteiger partial charge in [0.05, 0.1) is 0 Å². The summed E-state index contributed by atoms with van der Waals surface area (Å²) in [6.07, 6.45) is 1.84. The van der Waals surface area contributed by atoms with E-state index >= 15 is 0 Å². The molecule has 70 valence electrons. The van der Waals surface area contributed by atoms with Crippen LogP contribution in [0, 0.1) is 5.92 Å². The number of rotatable bonds is 3. The molecule has 0 aromatic heterocycles. The molecule has 1 rings (SSSR count). The zero-order chi connectivity index (χ0) is 9.84. The topological polar surface area (TPSA) is 26.0 Å². The van der Waals surface area contributed by atoms with Gasteiger partial charge in [0, 0.05) is 6.04 Å². The molecule has 0 aliphatic heterocycles. The monoisotopic (exact) mass is 175 g/mol. The molecule has 0 radical (unpaired) electrons. The quantitative estimate of drug-likeness (QED) is 0.751. The first-order valence-electron chi connectivity index (χ1n) is 4.63. The molecule has 1 heteroatoms. The van der Waals surface area contributed by atoms with E-state index in [-0.39, 0.29) is 6.04 Å². The predicted octanol–water partition coefficient (Wildman–Crippen LogP) is 2.99. The van der Waals surface area contributed by atoms with Gasteiger partial charge in [-0.2, -0.15) is 0 Å². The van der Waals surface area contributed by atoms with Gasteiger partial charge in [0.2, 0.25) is 0 Å². The standard InChI is InChI=1S/C12H17N/c1-4-10-6-5-7-11(8-10)12(13)9(2)3/h4-9,12H,1,13H2,2-3H3/t12-/m1/s1. The summed E-state index contributed by atoms with van der Waals surface area (Å²) in [6, 6.07) is 8.34. The molecule has 1 aromatic rings. The van der Waals surface area contributed by atoms with E-state index in [9.17, 15) is 0 Å². The zero-order valence-electron chi connectivity index (χ0n) is 8.33. The van der Waals surface area contributed by atoms with E-state index < -0.39 is 0 Å². The van der Waals surface area contributed by atoms with Crippen LogP contribution < -0.4 is 5.73 Å². The third kappa shape index (κ3) is 2.43. The highest BCUT2D eigenvalue weighted by Crippen LogP contribution is 2.19. The van der Waals surface area contributed by atoms with Crippen LogP contribution in [0.15, 0.2) is 30.8 Å². The normalized spacial score (nSPS) is 12.9. The van der Waals surface area contributed by atoms with E-state index in [1.54, 1.807) is 0 Å². The van der Waals surface area contributed by atoms with E-state index in [2.05, 4.69) is 32.6 Å². The first-order chi connectivity index (χ1) is 6.15. The van der Waals surface area contributed by atoms with Crippen molar-refractivity contribution in [2.24, 2.45) is 11.7 Å². The largest absolute Gasteiger partial charge is 0.324 e. The van der Waals surface area contributed by atoms with Crippen LogP contribution in [0.5, 0.6) is 0 Å². The fourth-order valence-electron chi connectivity index (χ4n) is 1.28. The average molecular weight is 175 g/mol. The molecule has 0 aliphatic carbocycles. The van der Waals surface area contributed by atoms with E-state index in [1.807, 2.05) is 18.2 Å². The van der Waals surface area contributed by atoms with Crippen molar-refractivity contribution in [1.82, 2.24) is 0 Å². The van der Waals surface area contributed by atoms with Gasteiger partial charge in [-0.25, -0.2) is 0 Å². The summed E-state index contributed by atoms with van der Waals surface area (Å²) in [5, 5.41) is 0. The van der Waals surface area contributed by atoms with Crippen LogP contribution in [0.25, 0.3) is 6.08 Å². The maximum absolute atomic E-state index is 6.03. The van der Waals surface area contributed by atoms with E-state index in [0.717, 1.165) is 5.56 Å². The second-order valence-corrected chi connectivity index (χ2v) is 3.64. The fourth-order valence-corrected chi connectivity index (χ4v) is 1.28. The second kappa shape index (κ2) is 4.24. The van der Waals surface area contributed by atoms with Crippen LogP contribution in [0.1, 0.15) is 31.0 Å². The highest BCUT2D eigenvalue weighted by Gasteiger charge is 2.09. The fraction of sp³-hybridized carbons (Fsp3) is 0.333. The molecule has 0 saturated heterocycles. The van der Waals surface area contributed by atoms with Gasteiger partial charge in [-0.1, -0.05) is 50.8 Å². The molecule has 2 N–H and O–H groups in total. The number of benzene rings is 1. The number of hydrogen-bond donors (Lipinski definition) is 1. The van der Waals surface area contributed by atoms with Gasteiger partial charge < -0.3 is 5.73 Å². The smallest absolute Gasteiger partial charge is 0.0318 e. The maximum Gasteiger partial charge on any atom is 0.0318 e. The lowest BCUT2D eigenvalue weighted by atomic mass is 9.96. The molecule has 1 nitrogen and oxygen atoms in total. The first kappa shape index (κ1) is 10.0. The summed E-state index contributed by atoms with van der Waals surface area (Å²) in [6.45, 7) is 8.00. The van der Waals surface area contributed by atoms with Gasteiger partial charge >= 0.3 is 0 Å². The van der Waals surface area contributed by atoms with Gasteiger partial charge in [-0.15, -0.1) is 0 Å². The van der Waals surface area contributed by atoms with Crippen molar-refractivity contribution in [2.75, 3.05) is 0 Å². The Morgan fingerprint density at radius 3 is 2.62 bits per heavy atom. The van der Waals surface area contributed by atoms with Gasteiger partial charge in [0.1, 0.15) is 0 Å². The Balaban J connectivity index is 2.94. The highest BCUT2D eigenvalue weighted by atomic mass is 14.6. The lowest BCUT2D eigenvalue weighted by Crippen LogP contribution is -2.16. The molecule has 0 amide bonds. The molecule has 0 unspecified atom stereocenters. The van der Waals surface area contributed by atoms with E-state index in [0.29, 0.717) is 5.92 Å². The van der Waals surface area contributed by atoms with Crippen LogP contribution in [-0.4, -0.2) is 0 Å². The van der Waals surface area contributed by atoms with Crippen molar-refractivity contribution < 1.29 is 0 Å². The lowest BCUT2D eigenvalue weighted by molar-refractivity contribution is 0.514. The molecule has 0 bridgehead atoms. The Morgan fingerprint density at radius 2 is 2.08 bits per heavy atom. The minimum Gasteiger partial charge on any atom is -0.324 e. The number of nitrogens with two attached hydrogens (primary N) is 1. The Kier molecular flexibility index (Phi) is 3.26. The molecule has 0 saturated carbocycles. The minimum atomic E-state index is 0.125. The molecule has 1 aromatic carbocycles. The second-order valence-electron chi connectivity index (χ2n) is 3.64. The van der Waals surface area contributed by atoms with Crippen molar-refractivity contribution in [3.63, 3.8) is 0 Å². The Hall–Kier alpha value is -1.08. The van der Waals surface area contributed by atoms with Crippen molar-refractivity contribution in [3.8, 4) is 0 Å². The highest BCUT2D eigenvalue weighted by molar-refractivity contribution is 5.48. The lowest BCUT2D eigenvalue weighted by Gasteiger charge is -2.16. The first-order valence-corrected chi connectivity index (χ1v) is 4.63. The van der Waals surface area contributed by atoms with Crippen molar-refractivity contribution in [1.29, 1.82) is 0 Å². The number of hydrogen-bond acceptors (Lipinski definition) is 1. The minimum absolute atomic E-state index is 0.125. The Labute approximate surface area is 80.3 Å². The molecule has 0 spiro atoms. The molecule has 1 atom stereocenters. The molecule has 0 aliphatic rings. The molecular weight excluding hydrogens is 158 g/mol. The third-order valence-electron chi connectivity index (χ3n) is 2.25. The summed E-state index contributed by atoms with van der Waals surface area (Å²) in [4.78, 5) is 0. The van der Waals surface area contributed by atoms with Gasteiger partial charge in [0.25, 0.3) is 0 Å². The summed E-state index contributed by atoms with van der Waals surface area (Å²) in [5.41, 5.74) is 8.35. The van der Waals surface area contributed by atoms with Crippen molar-refractivity contribution in [3.05, 3.63) is 42.0 Å². The third-order valence-corrected chi connectivity index (χ3v) is 2.25. The Morgan fingerprint density at radius 1 is 1.38 bits per heavy atom. The van der Waals surface area contributed by atoms with Crippen LogP contribution in [0.2, 0.25) is 0 Å². The van der Waals surface area contributed by atoms with Gasteiger partial charge in [-0.3, -0.25) is 0 Å². The molecule has 0 fully saturated rings. The van der Waals surface area contributed by atoms with Gasteiger partial charge in [-0.05, 0) is 17.0 Å². The average Bonchev–Trinajstić information content (AvgIpc) is 2.16. The summed E-state index contributed by atoms with van der Waals surface area (Å²) >= 11 is 0. The zero-order valence-corrected chi connectivity index (χ0v) is 8.33. The van der Waals surface area contributed by atoms with Crippen molar-refractivity contribution in [2.45, 2.75) is 19.9 Å². The van der Waals surface area contributed by atoms with Crippen LogP contribution in [-0.2, 0) is 0 Å². The molecule has 0 heterocycles. The summed E-state index contributed by atoms with van der Waals surface area (Å²) in [7, 11) is 0. The Bertz CT molecular complexity index is 289. The summed E-state index contributed by atoms with van der Waals surface area (Å²) < 4.78 is 0. The predicted molar refractivity (Wildman–Crippen MR) is 58.3 cm³/mol. The van der Waals surface area contributed by atoms with Crippen molar-refractivity contribution >= 4 is 6.08 Å². The van der Waals surface area contributed by atoms with E-state index in [1.165, 1.54) is 5.56 Å². The van der Waals surface area contributed by atoms with Crippen LogP contribution in [0.3, 0.4) is 0 Å². The van der Waals surface area contributed by atoms with Crippen LogP contribution >= 0.6 is 0 Å². The van der Waals surface area contributed by atoms with Crippen LogP contribution in [0.4, 0.5) is 0 Å². The SMILES string of the molecule is C=Cc1cccc([C@H](N)C(C)C)c1.